The number of fused-ring (bicyclic) bond motifs is 11. The van der Waals surface area contributed by atoms with Gasteiger partial charge in [-0.15, -0.1) is 0 Å². The van der Waals surface area contributed by atoms with Crippen LogP contribution in [0.15, 0.2) is 237 Å². The van der Waals surface area contributed by atoms with Crippen LogP contribution < -0.4 is 0 Å². The van der Waals surface area contributed by atoms with Crippen LogP contribution in [0.25, 0.3) is 101 Å². The molecule has 1 heterocycles. The lowest BCUT2D eigenvalue weighted by molar-refractivity contribution is 0.796. The number of hydrogen-bond acceptors (Lipinski definition) is 3. The average molecular weight is 826 g/mol. The third-order valence-electron chi connectivity index (χ3n) is 13.5. The maximum atomic E-state index is 5.26. The number of rotatable bonds is 6. The smallest absolute Gasteiger partial charge is 0.164 e. The first kappa shape index (κ1) is 37.1. The van der Waals surface area contributed by atoms with Gasteiger partial charge in [0.1, 0.15) is 0 Å². The molecule has 3 heteroatoms. The molecule has 13 rings (SSSR count). The molecule has 0 fully saturated rings. The van der Waals surface area contributed by atoms with E-state index in [1.165, 1.54) is 55.6 Å². The van der Waals surface area contributed by atoms with Crippen LogP contribution in [0.5, 0.6) is 0 Å². The summed E-state index contributed by atoms with van der Waals surface area (Å²) in [6, 6.07) is 85.3. The van der Waals surface area contributed by atoms with Crippen LogP contribution in [-0.2, 0) is 5.41 Å². The maximum Gasteiger partial charge on any atom is 0.164 e. The summed E-state index contributed by atoms with van der Waals surface area (Å²) in [5, 5.41) is 2.27. The van der Waals surface area contributed by atoms with E-state index in [-0.39, 0.29) is 0 Å². The van der Waals surface area contributed by atoms with Crippen LogP contribution >= 0.6 is 0 Å². The third-order valence-corrected chi connectivity index (χ3v) is 13.5. The Kier molecular flexibility index (Phi) is 8.44. The minimum atomic E-state index is -0.427. The normalized spacial score (nSPS) is 12.7. The zero-order chi connectivity index (χ0) is 42.9. The van der Waals surface area contributed by atoms with E-state index >= 15 is 0 Å². The summed E-state index contributed by atoms with van der Waals surface area (Å²) in [5.41, 5.74) is 19.9. The molecule has 0 radical (unpaired) electrons. The second-order valence-electron chi connectivity index (χ2n) is 17.1. The van der Waals surface area contributed by atoms with Crippen LogP contribution in [0.2, 0.25) is 0 Å². The average Bonchev–Trinajstić information content (AvgIpc) is 3.86. The molecule has 2 aliphatic carbocycles. The fraction of sp³-hybridized carbons (Fsp3) is 0.0161. The molecule has 1 spiro atoms. The highest BCUT2D eigenvalue weighted by atomic mass is 15.0. The van der Waals surface area contributed by atoms with Crippen molar-refractivity contribution in [3.8, 4) is 89.8 Å². The molecular weight excluding hydrogens is 787 g/mol. The third kappa shape index (κ3) is 5.86. The molecular formula is C62H39N3. The molecule has 0 N–H and O–H groups in total. The van der Waals surface area contributed by atoms with Crippen LogP contribution in [0, 0.1) is 0 Å². The summed E-state index contributed by atoms with van der Waals surface area (Å²) < 4.78 is 0. The number of hydrogen-bond donors (Lipinski definition) is 0. The first-order chi connectivity index (χ1) is 32.2. The van der Waals surface area contributed by atoms with E-state index in [2.05, 4.69) is 218 Å². The van der Waals surface area contributed by atoms with Crippen molar-refractivity contribution in [2.45, 2.75) is 5.41 Å². The van der Waals surface area contributed by atoms with Crippen molar-refractivity contribution in [3.05, 3.63) is 259 Å². The summed E-state index contributed by atoms with van der Waals surface area (Å²) in [4.78, 5) is 15.6. The van der Waals surface area contributed by atoms with Gasteiger partial charge in [-0.2, -0.15) is 0 Å². The van der Waals surface area contributed by atoms with Crippen molar-refractivity contribution >= 4 is 10.8 Å². The van der Waals surface area contributed by atoms with E-state index < -0.39 is 5.41 Å². The van der Waals surface area contributed by atoms with Crippen molar-refractivity contribution in [3.63, 3.8) is 0 Å². The van der Waals surface area contributed by atoms with Gasteiger partial charge in [-0.05, 0) is 119 Å². The molecule has 1 aromatic heterocycles. The van der Waals surface area contributed by atoms with Crippen molar-refractivity contribution in [2.75, 3.05) is 0 Å². The summed E-state index contributed by atoms with van der Waals surface area (Å²) >= 11 is 0. The van der Waals surface area contributed by atoms with Crippen molar-refractivity contribution in [1.82, 2.24) is 15.0 Å². The van der Waals surface area contributed by atoms with Crippen LogP contribution in [0.4, 0.5) is 0 Å². The van der Waals surface area contributed by atoms with E-state index in [1.807, 2.05) is 18.2 Å². The predicted molar refractivity (Wildman–Crippen MR) is 266 cm³/mol. The van der Waals surface area contributed by atoms with Crippen LogP contribution in [0.3, 0.4) is 0 Å². The monoisotopic (exact) mass is 825 g/mol. The molecule has 10 aromatic carbocycles. The minimum absolute atomic E-state index is 0.427. The van der Waals surface area contributed by atoms with Gasteiger partial charge in [0.2, 0.25) is 0 Å². The van der Waals surface area contributed by atoms with E-state index in [0.717, 1.165) is 49.7 Å². The molecule has 0 unspecified atom stereocenters. The largest absolute Gasteiger partial charge is 0.208 e. The zero-order valence-corrected chi connectivity index (χ0v) is 35.4. The Morgan fingerprint density at radius 3 is 1.17 bits per heavy atom. The molecule has 0 bridgehead atoms. The Labute approximate surface area is 378 Å². The second-order valence-corrected chi connectivity index (χ2v) is 17.1. The SMILES string of the molecule is c1ccc(-c2cc(-c3ccccc3)cc(-c3nc(-c4ccccc4)nc(-c4ccc5cc(-c6cccc7c6C6(c8ccccc8-c8ccccc86)c6ccccc6-7)ccc5c4)n3)c2)cc1. The van der Waals surface area contributed by atoms with E-state index in [1.54, 1.807) is 0 Å². The Hall–Kier alpha value is -8.53. The lowest BCUT2D eigenvalue weighted by Gasteiger charge is -2.32. The van der Waals surface area contributed by atoms with Crippen molar-refractivity contribution in [2.24, 2.45) is 0 Å². The van der Waals surface area contributed by atoms with Crippen molar-refractivity contribution in [1.29, 1.82) is 0 Å². The van der Waals surface area contributed by atoms with Gasteiger partial charge in [-0.1, -0.05) is 206 Å². The highest BCUT2D eigenvalue weighted by molar-refractivity contribution is 6.00. The molecule has 302 valence electrons. The van der Waals surface area contributed by atoms with Crippen molar-refractivity contribution < 1.29 is 0 Å². The van der Waals surface area contributed by atoms with Gasteiger partial charge in [0.25, 0.3) is 0 Å². The Bertz CT molecular complexity index is 3530. The van der Waals surface area contributed by atoms with E-state index in [9.17, 15) is 0 Å². The molecule has 0 atom stereocenters. The number of aromatic nitrogens is 3. The lowest BCUT2D eigenvalue weighted by atomic mass is 9.68. The summed E-state index contributed by atoms with van der Waals surface area (Å²) in [6.45, 7) is 0. The van der Waals surface area contributed by atoms with E-state index in [0.29, 0.717) is 17.5 Å². The highest BCUT2D eigenvalue weighted by Crippen LogP contribution is 2.64. The fourth-order valence-electron chi connectivity index (χ4n) is 10.6. The molecule has 0 amide bonds. The molecule has 0 saturated carbocycles. The topological polar surface area (TPSA) is 38.7 Å². The van der Waals surface area contributed by atoms with Gasteiger partial charge in [0, 0.05) is 16.7 Å². The number of benzene rings is 10. The second kappa shape index (κ2) is 14.8. The first-order valence-corrected chi connectivity index (χ1v) is 22.3. The first-order valence-electron chi connectivity index (χ1n) is 22.3. The molecule has 2 aliphatic rings. The standard InChI is InChI=1S/C62H39N3/c1-4-17-40(18-5-1)47-37-48(41-19-6-2-7-20-41)39-49(38-47)61-64-59(42-21-8-3-9-22-42)63-60(65-61)46-34-32-43-35-45(33-31-44(43)36-46)50-26-16-27-54-53-25-12-15-30-57(53)62(58(50)54)55-28-13-10-23-51(55)52-24-11-14-29-56(52)62/h1-39H. The van der Waals surface area contributed by atoms with Gasteiger partial charge >= 0.3 is 0 Å². The zero-order valence-electron chi connectivity index (χ0n) is 35.4. The van der Waals surface area contributed by atoms with Gasteiger partial charge in [0.05, 0.1) is 5.41 Å². The van der Waals surface area contributed by atoms with Gasteiger partial charge in [-0.3, -0.25) is 0 Å². The molecule has 3 nitrogen and oxygen atoms in total. The highest BCUT2D eigenvalue weighted by Gasteiger charge is 2.52. The number of nitrogens with zero attached hydrogens (tertiary/aromatic N) is 3. The quantitative estimate of drug-likeness (QED) is 0.168. The summed E-state index contributed by atoms with van der Waals surface area (Å²) in [7, 11) is 0. The lowest BCUT2D eigenvalue weighted by Crippen LogP contribution is -2.26. The van der Waals surface area contributed by atoms with Crippen LogP contribution in [0.1, 0.15) is 22.3 Å². The van der Waals surface area contributed by atoms with E-state index in [4.69, 9.17) is 15.0 Å². The molecule has 11 aromatic rings. The van der Waals surface area contributed by atoms with Gasteiger partial charge in [-0.25, -0.2) is 15.0 Å². The molecule has 0 saturated heterocycles. The van der Waals surface area contributed by atoms with Crippen LogP contribution in [-0.4, -0.2) is 15.0 Å². The predicted octanol–water partition coefficient (Wildman–Crippen LogP) is 15.4. The fourth-order valence-corrected chi connectivity index (χ4v) is 10.6. The Morgan fingerprint density at radius 2 is 0.615 bits per heavy atom. The van der Waals surface area contributed by atoms with Gasteiger partial charge in [0.15, 0.2) is 17.5 Å². The Morgan fingerprint density at radius 1 is 0.231 bits per heavy atom. The summed E-state index contributed by atoms with van der Waals surface area (Å²) in [5.74, 6) is 1.89. The Balaban J connectivity index is 0.955. The minimum Gasteiger partial charge on any atom is -0.208 e. The molecule has 65 heavy (non-hydrogen) atoms. The maximum absolute atomic E-state index is 5.26. The van der Waals surface area contributed by atoms with Gasteiger partial charge < -0.3 is 0 Å². The summed E-state index contributed by atoms with van der Waals surface area (Å²) in [6.07, 6.45) is 0. The molecule has 0 aliphatic heterocycles.